The van der Waals surface area contributed by atoms with Crippen molar-refractivity contribution in [1.29, 1.82) is 0 Å². The summed E-state index contributed by atoms with van der Waals surface area (Å²) >= 11 is 5.57. The zero-order valence-corrected chi connectivity index (χ0v) is 9.60. The first-order chi connectivity index (χ1) is 7.50. The molecule has 0 radical (unpaired) electrons. The Morgan fingerprint density at radius 1 is 1.38 bits per heavy atom. The van der Waals surface area contributed by atoms with E-state index in [0.29, 0.717) is 11.3 Å². The fourth-order valence-corrected chi connectivity index (χ4v) is 1.55. The Balaban J connectivity index is 2.63. The van der Waals surface area contributed by atoms with Gasteiger partial charge in [0.25, 0.3) is 5.56 Å². The van der Waals surface area contributed by atoms with Crippen LogP contribution in [-0.2, 0) is 0 Å². The van der Waals surface area contributed by atoms with Crippen LogP contribution in [0, 0.1) is 19.7 Å². The lowest BCUT2D eigenvalue weighted by atomic mass is 10.3. The van der Waals surface area contributed by atoms with E-state index in [1.165, 1.54) is 16.8 Å². The minimum Gasteiger partial charge on any atom is -0.295 e. The summed E-state index contributed by atoms with van der Waals surface area (Å²) in [4.78, 5) is 11.8. The van der Waals surface area contributed by atoms with Gasteiger partial charge in [-0.15, -0.1) is 0 Å². The molecule has 1 aromatic heterocycles. The molecule has 0 bridgehead atoms. The van der Waals surface area contributed by atoms with Gasteiger partial charge in [-0.1, -0.05) is 11.6 Å². The van der Waals surface area contributed by atoms with Crippen LogP contribution in [0.1, 0.15) is 11.3 Å². The fourth-order valence-electron chi connectivity index (χ4n) is 1.44. The summed E-state index contributed by atoms with van der Waals surface area (Å²) in [5.41, 5.74) is 1.64. The second-order valence-electron chi connectivity index (χ2n) is 3.60. The van der Waals surface area contributed by atoms with Crippen LogP contribution in [0.5, 0.6) is 0 Å². The van der Waals surface area contributed by atoms with Crippen molar-refractivity contribution in [2.24, 2.45) is 0 Å². The van der Waals surface area contributed by atoms with Crippen molar-refractivity contribution in [3.63, 3.8) is 0 Å². The molecule has 0 atom stereocenters. The summed E-state index contributed by atoms with van der Waals surface area (Å²) in [7, 11) is 0. The van der Waals surface area contributed by atoms with Crippen molar-refractivity contribution in [3.8, 4) is 5.69 Å². The quantitative estimate of drug-likeness (QED) is 0.817. The van der Waals surface area contributed by atoms with E-state index in [1.54, 1.807) is 19.9 Å². The predicted octanol–water partition coefficient (Wildman–Crippen LogP) is 2.57. The monoisotopic (exact) mass is 240 g/mol. The molecule has 1 aromatic carbocycles. The van der Waals surface area contributed by atoms with Crippen LogP contribution in [0.25, 0.3) is 5.69 Å². The van der Waals surface area contributed by atoms with Gasteiger partial charge in [-0.2, -0.15) is 0 Å². The van der Waals surface area contributed by atoms with Gasteiger partial charge < -0.3 is 0 Å². The molecular formula is C11H10ClFN2O. The van der Waals surface area contributed by atoms with Crippen LogP contribution in [0.3, 0.4) is 0 Å². The first-order valence-corrected chi connectivity index (χ1v) is 5.12. The van der Waals surface area contributed by atoms with Gasteiger partial charge in [0.1, 0.15) is 5.82 Å². The normalized spacial score (nSPS) is 10.8. The highest BCUT2D eigenvalue weighted by Crippen LogP contribution is 2.17. The van der Waals surface area contributed by atoms with Crippen molar-refractivity contribution in [2.45, 2.75) is 13.8 Å². The third-order valence-electron chi connectivity index (χ3n) is 2.53. The molecule has 16 heavy (non-hydrogen) atoms. The summed E-state index contributed by atoms with van der Waals surface area (Å²) in [5.74, 6) is -0.545. The molecule has 0 fully saturated rings. The average Bonchev–Trinajstić information content (AvgIpc) is 2.50. The zero-order valence-electron chi connectivity index (χ0n) is 8.84. The molecule has 0 unspecified atom stereocenters. The number of rotatable bonds is 1. The third kappa shape index (κ3) is 1.65. The highest BCUT2D eigenvalue weighted by atomic mass is 35.5. The van der Waals surface area contributed by atoms with Gasteiger partial charge in [-0.05, 0) is 26.0 Å². The van der Waals surface area contributed by atoms with Crippen LogP contribution in [-0.4, -0.2) is 9.78 Å². The van der Waals surface area contributed by atoms with Crippen LogP contribution < -0.4 is 5.56 Å². The van der Waals surface area contributed by atoms with Gasteiger partial charge in [0, 0.05) is 17.3 Å². The number of halogens is 2. The summed E-state index contributed by atoms with van der Waals surface area (Å²) < 4.78 is 14.5. The van der Waals surface area contributed by atoms with Crippen molar-refractivity contribution in [3.05, 3.63) is 50.7 Å². The molecule has 0 amide bonds. The van der Waals surface area contributed by atoms with E-state index < -0.39 is 5.82 Å². The Hall–Kier alpha value is -1.55. The molecular weight excluding hydrogens is 231 g/mol. The molecule has 0 saturated heterocycles. The summed E-state index contributed by atoms with van der Waals surface area (Å²) in [6, 6.07) is 4.23. The van der Waals surface area contributed by atoms with Gasteiger partial charge in [-0.25, -0.2) is 9.07 Å². The molecule has 0 saturated carbocycles. The molecule has 0 aliphatic heterocycles. The highest BCUT2D eigenvalue weighted by Gasteiger charge is 2.09. The number of H-pyrrole nitrogens is 1. The van der Waals surface area contributed by atoms with E-state index in [1.807, 2.05) is 0 Å². The maximum Gasteiger partial charge on any atom is 0.274 e. The van der Waals surface area contributed by atoms with Crippen LogP contribution >= 0.6 is 11.6 Å². The summed E-state index contributed by atoms with van der Waals surface area (Å²) in [6.45, 7) is 3.51. The lowest BCUT2D eigenvalue weighted by molar-refractivity contribution is 0.625. The Morgan fingerprint density at radius 3 is 2.56 bits per heavy atom. The number of nitrogens with zero attached hydrogens (tertiary/aromatic N) is 1. The van der Waals surface area contributed by atoms with Crippen LogP contribution in [0.15, 0.2) is 23.0 Å². The zero-order chi connectivity index (χ0) is 11.9. The molecule has 0 aliphatic rings. The fraction of sp³-hybridized carbons (Fsp3) is 0.182. The van der Waals surface area contributed by atoms with Crippen molar-refractivity contribution < 1.29 is 4.39 Å². The number of hydrogen-bond donors (Lipinski definition) is 1. The first kappa shape index (κ1) is 11.0. The molecule has 5 heteroatoms. The molecule has 1 N–H and O–H groups in total. The van der Waals surface area contributed by atoms with Gasteiger partial charge in [0.2, 0.25) is 0 Å². The van der Waals surface area contributed by atoms with Crippen molar-refractivity contribution in [1.82, 2.24) is 9.78 Å². The maximum atomic E-state index is 13.2. The van der Waals surface area contributed by atoms with E-state index in [2.05, 4.69) is 5.10 Å². The maximum absolute atomic E-state index is 13.2. The van der Waals surface area contributed by atoms with Crippen molar-refractivity contribution >= 4 is 11.6 Å². The number of aryl methyl sites for hydroxylation is 1. The average molecular weight is 241 g/mol. The van der Waals surface area contributed by atoms with E-state index in [-0.39, 0.29) is 10.6 Å². The van der Waals surface area contributed by atoms with Crippen LogP contribution in [0.2, 0.25) is 5.02 Å². The molecule has 2 aromatic rings. The highest BCUT2D eigenvalue weighted by molar-refractivity contribution is 6.30. The summed E-state index contributed by atoms with van der Waals surface area (Å²) in [5, 5.41) is 2.91. The number of hydrogen-bond acceptors (Lipinski definition) is 1. The number of aromatic amines is 1. The smallest absolute Gasteiger partial charge is 0.274 e. The second kappa shape index (κ2) is 3.79. The predicted molar refractivity (Wildman–Crippen MR) is 60.8 cm³/mol. The number of nitrogens with one attached hydrogen (secondary N) is 1. The Kier molecular flexibility index (Phi) is 2.59. The standard InChI is InChI=1S/C11H10ClFN2O/c1-6-7(2)14-15(11(6)16)8-3-4-9(12)10(13)5-8/h3-5,14H,1-2H3. The van der Waals surface area contributed by atoms with Crippen LogP contribution in [0.4, 0.5) is 4.39 Å². The van der Waals surface area contributed by atoms with E-state index >= 15 is 0 Å². The largest absolute Gasteiger partial charge is 0.295 e. The topological polar surface area (TPSA) is 37.8 Å². The van der Waals surface area contributed by atoms with Gasteiger partial charge in [-0.3, -0.25) is 9.89 Å². The Morgan fingerprint density at radius 2 is 2.06 bits per heavy atom. The number of benzene rings is 1. The summed E-state index contributed by atoms with van der Waals surface area (Å²) in [6.07, 6.45) is 0. The van der Waals surface area contributed by atoms with Gasteiger partial charge in [0.15, 0.2) is 0 Å². The molecule has 1 heterocycles. The minimum atomic E-state index is -0.545. The lowest BCUT2D eigenvalue weighted by Gasteiger charge is -2.02. The Bertz CT molecular complexity index is 601. The first-order valence-electron chi connectivity index (χ1n) is 4.74. The number of aromatic nitrogens is 2. The Labute approximate surface area is 96.5 Å². The molecule has 84 valence electrons. The van der Waals surface area contributed by atoms with E-state index in [9.17, 15) is 9.18 Å². The van der Waals surface area contributed by atoms with E-state index in [4.69, 9.17) is 11.6 Å². The lowest BCUT2D eigenvalue weighted by Crippen LogP contribution is -2.15. The molecule has 3 nitrogen and oxygen atoms in total. The third-order valence-corrected chi connectivity index (χ3v) is 2.83. The SMILES string of the molecule is Cc1[nH]n(-c2ccc(Cl)c(F)c2)c(=O)c1C. The second-order valence-corrected chi connectivity index (χ2v) is 4.01. The van der Waals surface area contributed by atoms with Gasteiger partial charge >= 0.3 is 0 Å². The molecule has 0 spiro atoms. The molecule has 0 aliphatic carbocycles. The molecule has 2 rings (SSSR count). The van der Waals surface area contributed by atoms with Crippen molar-refractivity contribution in [2.75, 3.05) is 0 Å². The minimum absolute atomic E-state index is 0.0387. The van der Waals surface area contributed by atoms with E-state index in [0.717, 1.165) is 5.69 Å². The van der Waals surface area contributed by atoms with Gasteiger partial charge in [0.05, 0.1) is 10.7 Å².